The van der Waals surface area contributed by atoms with Crippen LogP contribution in [-0.2, 0) is 6.42 Å². The van der Waals surface area contributed by atoms with E-state index < -0.39 is 0 Å². The molecule has 1 fully saturated rings. The molecule has 0 atom stereocenters. The van der Waals surface area contributed by atoms with E-state index in [0.717, 1.165) is 18.8 Å². The first-order valence-electron chi connectivity index (χ1n) is 11.1. The van der Waals surface area contributed by atoms with Gasteiger partial charge in [0.2, 0.25) is 0 Å². The first-order valence-corrected chi connectivity index (χ1v) is 11.1. The van der Waals surface area contributed by atoms with Gasteiger partial charge < -0.3 is 14.2 Å². The van der Waals surface area contributed by atoms with Gasteiger partial charge in [0, 0.05) is 38.3 Å². The molecule has 0 saturated carbocycles. The van der Waals surface area contributed by atoms with E-state index in [0.29, 0.717) is 25.3 Å². The summed E-state index contributed by atoms with van der Waals surface area (Å²) in [7, 11) is 0. The lowest BCUT2D eigenvalue weighted by molar-refractivity contribution is 0.0713. The van der Waals surface area contributed by atoms with E-state index in [2.05, 4.69) is 69.9 Å². The van der Waals surface area contributed by atoms with E-state index >= 15 is 0 Å². The zero-order valence-electron chi connectivity index (χ0n) is 19.3. The molecule has 0 N–H and O–H groups in total. The number of nitrogens with zero attached hydrogens (tertiary/aromatic N) is 2. The third kappa shape index (κ3) is 4.39. The van der Waals surface area contributed by atoms with Crippen LogP contribution in [0.1, 0.15) is 49.7 Å². The molecule has 0 unspecified atom stereocenters. The van der Waals surface area contributed by atoms with Gasteiger partial charge in [-0.25, -0.2) is 0 Å². The number of piperazine rings is 1. The molecule has 0 bridgehead atoms. The molecule has 2 heterocycles. The van der Waals surface area contributed by atoms with Gasteiger partial charge in [0.05, 0.1) is 0 Å². The molecule has 1 aliphatic rings. The Bertz CT molecular complexity index is 1060. The monoisotopic (exact) mass is 416 g/mol. The molecule has 1 saturated heterocycles. The van der Waals surface area contributed by atoms with Crippen LogP contribution in [0.4, 0.5) is 5.69 Å². The fourth-order valence-electron chi connectivity index (χ4n) is 4.84. The van der Waals surface area contributed by atoms with Gasteiger partial charge in [-0.3, -0.25) is 4.79 Å². The molecule has 1 aliphatic heterocycles. The van der Waals surface area contributed by atoms with Gasteiger partial charge in [0.15, 0.2) is 5.76 Å². The van der Waals surface area contributed by atoms with E-state index in [1.54, 1.807) is 0 Å². The highest BCUT2D eigenvalue weighted by Crippen LogP contribution is 2.26. The quantitative estimate of drug-likeness (QED) is 0.573. The maximum atomic E-state index is 13.0. The van der Waals surface area contributed by atoms with Crippen molar-refractivity contribution in [2.75, 3.05) is 31.1 Å². The fourth-order valence-corrected chi connectivity index (χ4v) is 4.84. The highest BCUT2D eigenvalue weighted by Gasteiger charge is 2.25. The number of anilines is 1. The Morgan fingerprint density at radius 1 is 0.839 bits per heavy atom. The summed E-state index contributed by atoms with van der Waals surface area (Å²) in [6, 6.07) is 14.6. The molecule has 1 amide bonds. The second-order valence-electron chi connectivity index (χ2n) is 8.84. The first kappa shape index (κ1) is 21.2. The third-order valence-electron chi connectivity index (χ3n) is 6.39. The van der Waals surface area contributed by atoms with Crippen molar-refractivity contribution in [3.63, 3.8) is 0 Å². The second kappa shape index (κ2) is 8.62. The van der Waals surface area contributed by atoms with Crippen LogP contribution in [0, 0.1) is 34.6 Å². The SMILES string of the molecule is Cc1cc(C)c(Cc2ccc(C(=O)N3CCN(c4c(C)cccc4C)CC3)o2)c(C)c1. The number of furan rings is 1. The van der Waals surface area contributed by atoms with Crippen LogP contribution in [0.2, 0.25) is 0 Å². The first-order chi connectivity index (χ1) is 14.8. The maximum Gasteiger partial charge on any atom is 0.289 e. The van der Waals surface area contributed by atoms with Crippen LogP contribution < -0.4 is 4.90 Å². The lowest BCUT2D eigenvalue weighted by atomic mass is 9.97. The Balaban J connectivity index is 1.42. The molecule has 2 aromatic carbocycles. The molecule has 31 heavy (non-hydrogen) atoms. The molecule has 3 aromatic rings. The van der Waals surface area contributed by atoms with Crippen LogP contribution in [0.3, 0.4) is 0 Å². The second-order valence-corrected chi connectivity index (χ2v) is 8.84. The van der Waals surface area contributed by atoms with E-state index in [-0.39, 0.29) is 5.91 Å². The maximum absolute atomic E-state index is 13.0. The van der Waals surface area contributed by atoms with Crippen molar-refractivity contribution in [1.29, 1.82) is 0 Å². The van der Waals surface area contributed by atoms with Gasteiger partial charge in [0.25, 0.3) is 5.91 Å². The number of amides is 1. The average molecular weight is 417 g/mol. The standard InChI is InChI=1S/C27H32N2O2/c1-18-15-21(4)24(22(5)16-18)17-23-9-10-25(31-23)27(30)29-13-11-28(12-14-29)26-19(2)7-6-8-20(26)3/h6-10,15-16H,11-14,17H2,1-5H3. The van der Waals surface area contributed by atoms with E-state index in [1.165, 1.54) is 39.1 Å². The van der Waals surface area contributed by atoms with Crippen LogP contribution in [0.5, 0.6) is 0 Å². The number of benzene rings is 2. The molecule has 0 spiro atoms. The number of aryl methyl sites for hydroxylation is 5. The van der Waals surface area contributed by atoms with Crippen molar-refractivity contribution in [1.82, 2.24) is 4.90 Å². The lowest BCUT2D eigenvalue weighted by Crippen LogP contribution is -2.49. The molecule has 1 aromatic heterocycles. The predicted octanol–water partition coefficient (Wildman–Crippen LogP) is 5.37. The molecule has 4 rings (SSSR count). The minimum absolute atomic E-state index is 0.00949. The zero-order chi connectivity index (χ0) is 22.1. The summed E-state index contributed by atoms with van der Waals surface area (Å²) >= 11 is 0. The van der Waals surface area contributed by atoms with Gasteiger partial charge in [-0.2, -0.15) is 0 Å². The molecular formula is C27H32N2O2. The Kier molecular flexibility index (Phi) is 5.90. The summed E-state index contributed by atoms with van der Waals surface area (Å²) in [6.45, 7) is 13.8. The number of hydrogen-bond acceptors (Lipinski definition) is 3. The topological polar surface area (TPSA) is 36.7 Å². The smallest absolute Gasteiger partial charge is 0.289 e. The predicted molar refractivity (Wildman–Crippen MR) is 126 cm³/mol. The summed E-state index contributed by atoms with van der Waals surface area (Å²) < 4.78 is 5.99. The molecular weight excluding hydrogens is 384 g/mol. The molecule has 4 heteroatoms. The molecule has 0 radical (unpaired) electrons. The van der Waals surface area contributed by atoms with Crippen molar-refractivity contribution in [2.24, 2.45) is 0 Å². The average Bonchev–Trinajstić information content (AvgIpc) is 3.19. The van der Waals surface area contributed by atoms with Crippen molar-refractivity contribution < 1.29 is 9.21 Å². The Labute approximate surface area is 185 Å². The summed E-state index contributed by atoms with van der Waals surface area (Å²) in [5.41, 5.74) is 8.97. The van der Waals surface area contributed by atoms with Crippen LogP contribution in [-0.4, -0.2) is 37.0 Å². The third-order valence-corrected chi connectivity index (χ3v) is 6.39. The summed E-state index contributed by atoms with van der Waals surface area (Å²) in [5, 5.41) is 0. The minimum Gasteiger partial charge on any atom is -0.456 e. The highest BCUT2D eigenvalue weighted by molar-refractivity contribution is 5.91. The molecule has 0 aliphatic carbocycles. The minimum atomic E-state index is -0.00949. The van der Waals surface area contributed by atoms with Crippen molar-refractivity contribution in [2.45, 2.75) is 41.0 Å². The van der Waals surface area contributed by atoms with E-state index in [4.69, 9.17) is 4.42 Å². The Morgan fingerprint density at radius 2 is 1.45 bits per heavy atom. The van der Waals surface area contributed by atoms with Gasteiger partial charge in [-0.05, 0) is 74.6 Å². The van der Waals surface area contributed by atoms with Gasteiger partial charge in [-0.15, -0.1) is 0 Å². The van der Waals surface area contributed by atoms with E-state index in [1.807, 2.05) is 17.0 Å². The molecule has 4 nitrogen and oxygen atoms in total. The summed E-state index contributed by atoms with van der Waals surface area (Å²) in [6.07, 6.45) is 0.714. The fraction of sp³-hybridized carbons (Fsp3) is 0.370. The number of rotatable bonds is 4. The van der Waals surface area contributed by atoms with Crippen LogP contribution in [0.15, 0.2) is 46.9 Å². The lowest BCUT2D eigenvalue weighted by Gasteiger charge is -2.37. The Hall–Kier alpha value is -3.01. The largest absolute Gasteiger partial charge is 0.456 e. The summed E-state index contributed by atoms with van der Waals surface area (Å²) in [5.74, 6) is 1.27. The van der Waals surface area contributed by atoms with Crippen molar-refractivity contribution in [3.05, 3.63) is 87.4 Å². The normalized spacial score (nSPS) is 14.2. The van der Waals surface area contributed by atoms with Gasteiger partial charge in [-0.1, -0.05) is 35.9 Å². The van der Waals surface area contributed by atoms with Crippen molar-refractivity contribution >= 4 is 11.6 Å². The number of hydrogen-bond donors (Lipinski definition) is 0. The number of para-hydroxylation sites is 1. The van der Waals surface area contributed by atoms with Crippen LogP contribution >= 0.6 is 0 Å². The summed E-state index contributed by atoms with van der Waals surface area (Å²) in [4.78, 5) is 17.3. The zero-order valence-corrected chi connectivity index (χ0v) is 19.3. The van der Waals surface area contributed by atoms with Crippen molar-refractivity contribution in [3.8, 4) is 0 Å². The van der Waals surface area contributed by atoms with E-state index in [9.17, 15) is 4.79 Å². The molecule has 162 valence electrons. The van der Waals surface area contributed by atoms with Crippen LogP contribution in [0.25, 0.3) is 0 Å². The van der Waals surface area contributed by atoms with Gasteiger partial charge in [0.1, 0.15) is 5.76 Å². The van der Waals surface area contributed by atoms with Gasteiger partial charge >= 0.3 is 0 Å². The highest BCUT2D eigenvalue weighted by atomic mass is 16.4. The number of carbonyl (C=O) groups is 1. The number of carbonyl (C=O) groups excluding carboxylic acids is 1. The Morgan fingerprint density at radius 3 is 2.06 bits per heavy atom.